The third kappa shape index (κ3) is 2.59. The smallest absolute Gasteiger partial charge is 0.273 e. The average molecular weight is 258 g/mol. The third-order valence-electron chi connectivity index (χ3n) is 3.07. The number of nitrogens with one attached hydrogen (secondary N) is 1. The van der Waals surface area contributed by atoms with Crippen molar-refractivity contribution in [1.29, 1.82) is 0 Å². The number of benzene rings is 1. The van der Waals surface area contributed by atoms with Crippen molar-refractivity contribution in [3.8, 4) is 0 Å². The summed E-state index contributed by atoms with van der Waals surface area (Å²) in [4.78, 5) is 12.2. The number of nitrogen functional groups attached to an aromatic ring is 1. The van der Waals surface area contributed by atoms with Crippen LogP contribution >= 0.6 is 0 Å². The Bertz CT molecular complexity index is 596. The van der Waals surface area contributed by atoms with Crippen molar-refractivity contribution in [2.45, 2.75) is 20.3 Å². The van der Waals surface area contributed by atoms with E-state index in [1.54, 1.807) is 23.9 Å². The molecule has 0 spiro atoms. The molecule has 0 saturated heterocycles. The number of carbonyl (C=O) groups excluding carboxylic acids is 1. The van der Waals surface area contributed by atoms with Gasteiger partial charge < -0.3 is 11.1 Å². The van der Waals surface area contributed by atoms with Gasteiger partial charge in [-0.2, -0.15) is 5.10 Å². The van der Waals surface area contributed by atoms with Gasteiger partial charge in [-0.05, 0) is 31.0 Å². The predicted octanol–water partition coefficient (Wildman–Crippen LogP) is 2.13. The van der Waals surface area contributed by atoms with E-state index in [4.69, 9.17) is 5.73 Å². The first-order valence-corrected chi connectivity index (χ1v) is 6.22. The fourth-order valence-electron chi connectivity index (χ4n) is 1.95. The molecule has 1 heterocycles. The SMILES string of the molecule is CCc1cc(C(=O)Nc2c(C)cccc2N)n(C)n1. The molecule has 0 aliphatic heterocycles. The second kappa shape index (κ2) is 5.14. The van der Waals surface area contributed by atoms with Crippen LogP contribution < -0.4 is 11.1 Å². The summed E-state index contributed by atoms with van der Waals surface area (Å²) in [5, 5.41) is 7.11. The van der Waals surface area contributed by atoms with Gasteiger partial charge in [0.05, 0.1) is 17.1 Å². The molecule has 0 bridgehead atoms. The first-order valence-electron chi connectivity index (χ1n) is 6.22. The number of anilines is 2. The van der Waals surface area contributed by atoms with Crippen molar-refractivity contribution in [2.75, 3.05) is 11.1 Å². The summed E-state index contributed by atoms with van der Waals surface area (Å²) in [6.45, 7) is 3.91. The predicted molar refractivity (Wildman–Crippen MR) is 76.1 cm³/mol. The van der Waals surface area contributed by atoms with Crippen LogP contribution in [0.5, 0.6) is 0 Å². The summed E-state index contributed by atoms with van der Waals surface area (Å²) in [7, 11) is 1.76. The molecule has 0 atom stereocenters. The Morgan fingerprint density at radius 3 is 2.79 bits per heavy atom. The van der Waals surface area contributed by atoms with Crippen molar-refractivity contribution in [1.82, 2.24) is 9.78 Å². The number of rotatable bonds is 3. The highest BCUT2D eigenvalue weighted by Crippen LogP contribution is 2.23. The van der Waals surface area contributed by atoms with Gasteiger partial charge in [0.15, 0.2) is 0 Å². The van der Waals surface area contributed by atoms with Crippen molar-refractivity contribution < 1.29 is 4.79 Å². The second-order valence-corrected chi connectivity index (χ2v) is 4.49. The molecule has 0 aliphatic rings. The van der Waals surface area contributed by atoms with E-state index in [0.717, 1.165) is 17.7 Å². The Kier molecular flexibility index (Phi) is 3.55. The van der Waals surface area contributed by atoms with Gasteiger partial charge in [-0.3, -0.25) is 9.48 Å². The van der Waals surface area contributed by atoms with Crippen molar-refractivity contribution in [2.24, 2.45) is 7.05 Å². The molecule has 0 saturated carbocycles. The van der Waals surface area contributed by atoms with E-state index >= 15 is 0 Å². The minimum absolute atomic E-state index is 0.198. The van der Waals surface area contributed by atoms with Crippen LogP contribution in [0.3, 0.4) is 0 Å². The van der Waals surface area contributed by atoms with Crippen LogP contribution in [0.25, 0.3) is 0 Å². The normalized spacial score (nSPS) is 10.5. The lowest BCUT2D eigenvalue weighted by atomic mass is 10.1. The van der Waals surface area contributed by atoms with Gasteiger partial charge in [-0.15, -0.1) is 0 Å². The van der Waals surface area contributed by atoms with Gasteiger partial charge in [-0.1, -0.05) is 19.1 Å². The van der Waals surface area contributed by atoms with Gasteiger partial charge >= 0.3 is 0 Å². The summed E-state index contributed by atoms with van der Waals surface area (Å²) in [5.41, 5.74) is 9.46. The summed E-state index contributed by atoms with van der Waals surface area (Å²) < 4.78 is 1.59. The maximum atomic E-state index is 12.2. The number of carbonyl (C=O) groups is 1. The molecule has 2 aromatic rings. The minimum atomic E-state index is -0.198. The molecule has 5 heteroatoms. The Labute approximate surface area is 112 Å². The fourth-order valence-corrected chi connectivity index (χ4v) is 1.95. The summed E-state index contributed by atoms with van der Waals surface area (Å²) >= 11 is 0. The second-order valence-electron chi connectivity index (χ2n) is 4.49. The van der Waals surface area contributed by atoms with Crippen LogP contribution in [0.15, 0.2) is 24.3 Å². The number of nitrogens with two attached hydrogens (primary N) is 1. The first kappa shape index (κ1) is 13.1. The first-order chi connectivity index (χ1) is 9.02. The number of aryl methyl sites for hydroxylation is 3. The molecule has 0 radical (unpaired) electrons. The molecule has 1 aromatic carbocycles. The molecule has 19 heavy (non-hydrogen) atoms. The number of hydrogen-bond acceptors (Lipinski definition) is 3. The number of para-hydroxylation sites is 1. The number of nitrogens with zero attached hydrogens (tertiary/aromatic N) is 2. The highest BCUT2D eigenvalue weighted by atomic mass is 16.2. The van der Waals surface area contributed by atoms with Crippen LogP contribution in [0, 0.1) is 6.92 Å². The highest BCUT2D eigenvalue weighted by molar-refractivity contribution is 6.05. The average Bonchev–Trinajstić information content (AvgIpc) is 2.75. The molecule has 0 aliphatic carbocycles. The summed E-state index contributed by atoms with van der Waals surface area (Å²) in [5.74, 6) is -0.198. The molecule has 1 aromatic heterocycles. The topological polar surface area (TPSA) is 72.9 Å². The van der Waals surface area contributed by atoms with E-state index in [9.17, 15) is 4.79 Å². The Balaban J connectivity index is 2.28. The molecule has 0 unspecified atom stereocenters. The molecular weight excluding hydrogens is 240 g/mol. The largest absolute Gasteiger partial charge is 0.397 e. The van der Waals surface area contributed by atoms with Crippen LogP contribution in [-0.2, 0) is 13.5 Å². The molecule has 5 nitrogen and oxygen atoms in total. The molecule has 0 fully saturated rings. The summed E-state index contributed by atoms with van der Waals surface area (Å²) in [6, 6.07) is 7.33. The van der Waals surface area contributed by atoms with Crippen molar-refractivity contribution in [3.63, 3.8) is 0 Å². The molecule has 1 amide bonds. The zero-order chi connectivity index (χ0) is 14.0. The fraction of sp³-hybridized carbons (Fsp3) is 0.286. The lowest BCUT2D eigenvalue weighted by Crippen LogP contribution is -2.17. The van der Waals surface area contributed by atoms with E-state index in [0.29, 0.717) is 17.1 Å². The van der Waals surface area contributed by atoms with E-state index < -0.39 is 0 Å². The maximum Gasteiger partial charge on any atom is 0.273 e. The van der Waals surface area contributed by atoms with Gasteiger partial charge in [0.2, 0.25) is 0 Å². The van der Waals surface area contributed by atoms with E-state index in [2.05, 4.69) is 10.4 Å². The van der Waals surface area contributed by atoms with Gasteiger partial charge in [0.1, 0.15) is 5.69 Å². The van der Waals surface area contributed by atoms with E-state index in [1.807, 2.05) is 26.0 Å². The molecule has 3 N–H and O–H groups in total. The van der Waals surface area contributed by atoms with Gasteiger partial charge in [-0.25, -0.2) is 0 Å². The molecule has 100 valence electrons. The highest BCUT2D eigenvalue weighted by Gasteiger charge is 2.14. The Hall–Kier alpha value is -2.30. The summed E-state index contributed by atoms with van der Waals surface area (Å²) in [6.07, 6.45) is 0.799. The third-order valence-corrected chi connectivity index (χ3v) is 3.07. The van der Waals surface area contributed by atoms with Crippen molar-refractivity contribution in [3.05, 3.63) is 41.2 Å². The molecular formula is C14H18N4O. The van der Waals surface area contributed by atoms with E-state index in [-0.39, 0.29) is 5.91 Å². The van der Waals surface area contributed by atoms with Crippen molar-refractivity contribution >= 4 is 17.3 Å². The number of aromatic nitrogens is 2. The number of amides is 1. The van der Waals surface area contributed by atoms with Crippen LogP contribution in [0.1, 0.15) is 28.7 Å². The monoisotopic (exact) mass is 258 g/mol. The van der Waals surface area contributed by atoms with Crippen LogP contribution in [0.2, 0.25) is 0 Å². The lowest BCUT2D eigenvalue weighted by Gasteiger charge is -2.10. The van der Waals surface area contributed by atoms with Crippen LogP contribution in [0.4, 0.5) is 11.4 Å². The Morgan fingerprint density at radius 2 is 2.21 bits per heavy atom. The maximum absolute atomic E-state index is 12.2. The van der Waals surface area contributed by atoms with E-state index in [1.165, 1.54) is 0 Å². The molecule has 2 rings (SSSR count). The zero-order valence-electron chi connectivity index (χ0n) is 11.4. The standard InChI is InChI=1S/C14H18N4O/c1-4-10-8-12(18(3)17-10)14(19)16-13-9(2)6-5-7-11(13)15/h5-8H,4,15H2,1-3H3,(H,16,19). The lowest BCUT2D eigenvalue weighted by molar-refractivity contribution is 0.101. The minimum Gasteiger partial charge on any atom is -0.397 e. The number of hydrogen-bond donors (Lipinski definition) is 2. The zero-order valence-corrected chi connectivity index (χ0v) is 11.4. The van der Waals surface area contributed by atoms with Gasteiger partial charge in [0.25, 0.3) is 5.91 Å². The van der Waals surface area contributed by atoms with Crippen LogP contribution in [-0.4, -0.2) is 15.7 Å². The Morgan fingerprint density at radius 1 is 1.47 bits per heavy atom. The quantitative estimate of drug-likeness (QED) is 0.828. The van der Waals surface area contributed by atoms with Gasteiger partial charge in [0, 0.05) is 7.05 Å².